The average molecular weight is 399 g/mol. The highest BCUT2D eigenvalue weighted by Crippen LogP contribution is 2.34. The highest BCUT2D eigenvalue weighted by atomic mass is 32.2. The minimum absolute atomic E-state index is 0.123. The maximum atomic E-state index is 12.7. The van der Waals surface area contributed by atoms with E-state index < -0.39 is 0 Å². The van der Waals surface area contributed by atoms with E-state index in [0.717, 1.165) is 16.8 Å². The SMILES string of the molecule is COc1ccccc1/C=C1\SC(=S)N(CC(=O)Nc2ccccc2C)C1=O. The molecule has 2 aromatic rings. The predicted molar refractivity (Wildman–Crippen MR) is 113 cm³/mol. The Morgan fingerprint density at radius 3 is 2.67 bits per heavy atom. The van der Waals surface area contributed by atoms with Crippen molar-refractivity contribution < 1.29 is 14.3 Å². The average Bonchev–Trinajstić information content (AvgIpc) is 2.91. The molecule has 0 aromatic heterocycles. The van der Waals surface area contributed by atoms with Gasteiger partial charge in [0.1, 0.15) is 16.6 Å². The van der Waals surface area contributed by atoms with E-state index in [1.54, 1.807) is 13.2 Å². The second-order valence-corrected chi connectivity index (χ2v) is 7.55. The highest BCUT2D eigenvalue weighted by molar-refractivity contribution is 8.26. The molecule has 1 aliphatic rings. The van der Waals surface area contributed by atoms with Crippen LogP contribution in [0.15, 0.2) is 53.4 Å². The molecule has 0 atom stereocenters. The van der Waals surface area contributed by atoms with Crippen LogP contribution >= 0.6 is 24.0 Å². The lowest BCUT2D eigenvalue weighted by molar-refractivity contribution is -0.126. The van der Waals surface area contributed by atoms with Crippen LogP contribution in [-0.4, -0.2) is 34.7 Å². The number of nitrogens with zero attached hydrogens (tertiary/aromatic N) is 1. The van der Waals surface area contributed by atoms with Crippen LogP contribution in [0.3, 0.4) is 0 Å². The van der Waals surface area contributed by atoms with Gasteiger partial charge >= 0.3 is 0 Å². The summed E-state index contributed by atoms with van der Waals surface area (Å²) in [6.07, 6.45) is 1.73. The molecule has 1 heterocycles. The lowest BCUT2D eigenvalue weighted by Gasteiger charge is -2.15. The number of para-hydroxylation sites is 2. The van der Waals surface area contributed by atoms with E-state index in [9.17, 15) is 9.59 Å². The van der Waals surface area contributed by atoms with Crippen LogP contribution < -0.4 is 10.1 Å². The van der Waals surface area contributed by atoms with Gasteiger partial charge in [-0.15, -0.1) is 0 Å². The molecule has 1 saturated heterocycles. The van der Waals surface area contributed by atoms with Gasteiger partial charge in [0.15, 0.2) is 0 Å². The number of ether oxygens (including phenoxy) is 1. The molecule has 2 aromatic carbocycles. The molecule has 5 nitrogen and oxygen atoms in total. The molecule has 0 radical (unpaired) electrons. The zero-order valence-electron chi connectivity index (χ0n) is 14.9. The Morgan fingerprint density at radius 1 is 1.22 bits per heavy atom. The van der Waals surface area contributed by atoms with Crippen molar-refractivity contribution in [2.45, 2.75) is 6.92 Å². The van der Waals surface area contributed by atoms with Gasteiger partial charge in [0.2, 0.25) is 5.91 Å². The Balaban J connectivity index is 1.73. The first-order valence-electron chi connectivity index (χ1n) is 8.23. The van der Waals surface area contributed by atoms with E-state index >= 15 is 0 Å². The van der Waals surface area contributed by atoms with E-state index in [1.165, 1.54) is 16.7 Å². The second-order valence-electron chi connectivity index (χ2n) is 5.87. The van der Waals surface area contributed by atoms with Crippen molar-refractivity contribution >= 4 is 51.9 Å². The van der Waals surface area contributed by atoms with Gasteiger partial charge in [-0.1, -0.05) is 60.4 Å². The molecule has 0 bridgehead atoms. The molecular formula is C20H18N2O3S2. The van der Waals surface area contributed by atoms with Gasteiger partial charge in [-0.3, -0.25) is 14.5 Å². The molecule has 0 unspecified atom stereocenters. The van der Waals surface area contributed by atoms with Gasteiger partial charge in [0, 0.05) is 11.3 Å². The molecule has 7 heteroatoms. The fourth-order valence-electron chi connectivity index (χ4n) is 2.61. The van der Waals surface area contributed by atoms with Crippen molar-refractivity contribution in [2.75, 3.05) is 19.0 Å². The van der Waals surface area contributed by atoms with Gasteiger partial charge in [-0.25, -0.2) is 0 Å². The lowest BCUT2D eigenvalue weighted by atomic mass is 10.2. The zero-order valence-corrected chi connectivity index (χ0v) is 16.5. The van der Waals surface area contributed by atoms with E-state index in [2.05, 4.69) is 5.32 Å². The number of hydrogen-bond acceptors (Lipinski definition) is 5. The second kappa shape index (κ2) is 8.37. The van der Waals surface area contributed by atoms with Crippen LogP contribution in [0, 0.1) is 6.92 Å². The fourth-order valence-corrected chi connectivity index (χ4v) is 3.86. The van der Waals surface area contributed by atoms with E-state index in [1.807, 2.05) is 55.5 Å². The van der Waals surface area contributed by atoms with Gasteiger partial charge in [0.05, 0.1) is 12.0 Å². The molecule has 3 rings (SSSR count). The summed E-state index contributed by atoms with van der Waals surface area (Å²) in [6.45, 7) is 1.79. The number of methoxy groups -OCH3 is 1. The molecule has 0 spiro atoms. The molecular weight excluding hydrogens is 380 g/mol. The maximum Gasteiger partial charge on any atom is 0.266 e. The number of nitrogens with one attached hydrogen (secondary N) is 1. The van der Waals surface area contributed by atoms with Gasteiger partial charge in [-0.2, -0.15) is 0 Å². The third kappa shape index (κ3) is 4.37. The summed E-state index contributed by atoms with van der Waals surface area (Å²) < 4.78 is 5.67. The van der Waals surface area contributed by atoms with Crippen molar-refractivity contribution in [1.29, 1.82) is 0 Å². The third-order valence-electron chi connectivity index (χ3n) is 4.02. The number of carbonyl (C=O) groups is 2. The third-order valence-corrected chi connectivity index (χ3v) is 5.40. The van der Waals surface area contributed by atoms with Gasteiger partial charge in [0.25, 0.3) is 5.91 Å². The number of carbonyl (C=O) groups excluding carboxylic acids is 2. The summed E-state index contributed by atoms with van der Waals surface area (Å²) in [7, 11) is 1.58. The summed E-state index contributed by atoms with van der Waals surface area (Å²) in [6, 6.07) is 14.9. The molecule has 1 N–H and O–H groups in total. The number of hydrogen-bond donors (Lipinski definition) is 1. The summed E-state index contributed by atoms with van der Waals surface area (Å²) in [5, 5.41) is 2.82. The zero-order chi connectivity index (χ0) is 19.4. The Labute approximate surface area is 167 Å². The molecule has 138 valence electrons. The molecule has 0 saturated carbocycles. The minimum atomic E-state index is -0.292. The van der Waals surface area contributed by atoms with Crippen molar-refractivity contribution in [3.05, 3.63) is 64.6 Å². The summed E-state index contributed by atoms with van der Waals surface area (Å²) >= 11 is 6.48. The topological polar surface area (TPSA) is 58.6 Å². The van der Waals surface area contributed by atoms with Gasteiger partial charge < -0.3 is 10.1 Å². The van der Waals surface area contributed by atoms with Crippen molar-refractivity contribution in [3.8, 4) is 5.75 Å². The molecule has 1 aliphatic heterocycles. The quantitative estimate of drug-likeness (QED) is 0.613. The lowest BCUT2D eigenvalue weighted by Crippen LogP contribution is -2.36. The number of anilines is 1. The smallest absolute Gasteiger partial charge is 0.266 e. The van der Waals surface area contributed by atoms with Crippen molar-refractivity contribution in [2.24, 2.45) is 0 Å². The van der Waals surface area contributed by atoms with E-state index in [0.29, 0.717) is 15.0 Å². The van der Waals surface area contributed by atoms with Crippen molar-refractivity contribution in [1.82, 2.24) is 4.90 Å². The summed E-state index contributed by atoms with van der Waals surface area (Å²) in [4.78, 5) is 26.8. The van der Waals surface area contributed by atoms with Gasteiger partial charge in [-0.05, 0) is 30.7 Å². The van der Waals surface area contributed by atoms with Crippen LogP contribution in [0.1, 0.15) is 11.1 Å². The van der Waals surface area contributed by atoms with Crippen LogP contribution in [0.2, 0.25) is 0 Å². The normalized spacial score (nSPS) is 15.3. The first kappa shape index (κ1) is 19.1. The maximum absolute atomic E-state index is 12.7. The Bertz CT molecular complexity index is 940. The van der Waals surface area contributed by atoms with Crippen LogP contribution in [0.5, 0.6) is 5.75 Å². The number of aryl methyl sites for hydroxylation is 1. The fraction of sp³-hybridized carbons (Fsp3) is 0.150. The summed E-state index contributed by atoms with van der Waals surface area (Å²) in [5.74, 6) is 0.0926. The molecule has 1 fully saturated rings. The van der Waals surface area contributed by atoms with Crippen LogP contribution in [-0.2, 0) is 9.59 Å². The van der Waals surface area contributed by atoms with E-state index in [4.69, 9.17) is 17.0 Å². The largest absolute Gasteiger partial charge is 0.496 e. The first-order chi connectivity index (χ1) is 13.0. The number of rotatable bonds is 5. The molecule has 27 heavy (non-hydrogen) atoms. The Kier molecular flexibility index (Phi) is 5.93. The standard InChI is InChI=1S/C20H18N2O3S2/c1-13-7-3-5-9-15(13)21-18(23)12-22-19(24)17(27-20(22)26)11-14-8-4-6-10-16(14)25-2/h3-11H,12H2,1-2H3,(H,21,23)/b17-11-. The number of thioether (sulfide) groups is 1. The Hall–Kier alpha value is -2.64. The molecule has 0 aliphatic carbocycles. The first-order valence-corrected chi connectivity index (χ1v) is 9.46. The molecule has 2 amide bonds. The van der Waals surface area contributed by atoms with Crippen LogP contribution in [0.4, 0.5) is 5.69 Å². The number of thiocarbonyl (C=S) groups is 1. The number of benzene rings is 2. The minimum Gasteiger partial charge on any atom is -0.496 e. The monoisotopic (exact) mass is 398 g/mol. The Morgan fingerprint density at radius 2 is 1.93 bits per heavy atom. The highest BCUT2D eigenvalue weighted by Gasteiger charge is 2.33. The van der Waals surface area contributed by atoms with Crippen molar-refractivity contribution in [3.63, 3.8) is 0 Å². The number of amides is 2. The predicted octanol–water partition coefficient (Wildman–Crippen LogP) is 3.84. The summed E-state index contributed by atoms with van der Waals surface area (Å²) in [5.41, 5.74) is 2.45. The van der Waals surface area contributed by atoms with E-state index in [-0.39, 0.29) is 18.4 Å². The van der Waals surface area contributed by atoms with Crippen LogP contribution in [0.25, 0.3) is 6.08 Å².